The lowest BCUT2D eigenvalue weighted by molar-refractivity contribution is -0.159. The van der Waals surface area contributed by atoms with Crippen molar-refractivity contribution in [2.75, 3.05) is 0 Å². The smallest absolute Gasteiger partial charge is 0.303 e. The van der Waals surface area contributed by atoms with E-state index in [-0.39, 0.29) is 0 Å². The van der Waals surface area contributed by atoms with Crippen molar-refractivity contribution in [3.05, 3.63) is 35.4 Å². The van der Waals surface area contributed by atoms with Gasteiger partial charge in [0.15, 0.2) is 11.6 Å². The summed E-state index contributed by atoms with van der Waals surface area (Å²) in [6, 6.07) is 3.59. The first-order chi connectivity index (χ1) is 7.95. The van der Waals surface area contributed by atoms with E-state index < -0.39 is 23.2 Å². The third-order valence-corrected chi connectivity index (χ3v) is 2.93. The minimum absolute atomic E-state index is 0.432. The van der Waals surface area contributed by atoms with Gasteiger partial charge in [0.25, 0.3) is 0 Å². The zero-order valence-electron chi connectivity index (χ0n) is 10.2. The first-order valence-corrected chi connectivity index (χ1v) is 5.60. The van der Waals surface area contributed by atoms with Crippen LogP contribution in [0, 0.1) is 11.6 Å². The highest BCUT2D eigenvalue weighted by Crippen LogP contribution is 2.33. The number of hydrogen-bond acceptors (Lipinski definition) is 2. The highest BCUT2D eigenvalue weighted by molar-refractivity contribution is 5.66. The Kier molecular flexibility index (Phi) is 4.21. The molecule has 0 saturated heterocycles. The van der Waals surface area contributed by atoms with Crippen LogP contribution in [-0.4, -0.2) is 5.97 Å². The van der Waals surface area contributed by atoms with Crippen molar-refractivity contribution in [3.63, 3.8) is 0 Å². The quantitative estimate of drug-likeness (QED) is 0.755. The fourth-order valence-electron chi connectivity index (χ4n) is 1.92. The van der Waals surface area contributed by atoms with Crippen LogP contribution in [0.1, 0.15) is 39.2 Å². The Balaban J connectivity index is 3.21. The van der Waals surface area contributed by atoms with Crippen LogP contribution in [0.3, 0.4) is 0 Å². The molecule has 0 aliphatic heterocycles. The van der Waals surface area contributed by atoms with Crippen LogP contribution < -0.4 is 0 Å². The SMILES string of the molecule is CCC(CC)(OC(C)=O)c1ccc(F)c(F)c1. The molecule has 0 radical (unpaired) electrons. The summed E-state index contributed by atoms with van der Waals surface area (Å²) in [5.41, 5.74) is -0.392. The normalized spacial score (nSPS) is 11.4. The Morgan fingerprint density at radius 1 is 1.24 bits per heavy atom. The first kappa shape index (κ1) is 13.6. The maximum atomic E-state index is 13.2. The molecule has 4 heteroatoms. The molecule has 1 aromatic rings. The minimum atomic E-state index is -0.930. The number of hydrogen-bond donors (Lipinski definition) is 0. The summed E-state index contributed by atoms with van der Waals surface area (Å²) in [5.74, 6) is -2.27. The predicted octanol–water partition coefficient (Wildman–Crippen LogP) is 3.54. The van der Waals surface area contributed by atoms with Gasteiger partial charge in [-0.15, -0.1) is 0 Å². The molecule has 0 spiro atoms. The fourth-order valence-corrected chi connectivity index (χ4v) is 1.92. The van der Waals surface area contributed by atoms with Gasteiger partial charge < -0.3 is 4.74 Å². The lowest BCUT2D eigenvalue weighted by atomic mass is 9.88. The van der Waals surface area contributed by atoms with Crippen LogP contribution in [-0.2, 0) is 15.1 Å². The predicted molar refractivity (Wildman–Crippen MR) is 60.4 cm³/mol. The van der Waals surface area contributed by atoms with Gasteiger partial charge in [0.2, 0.25) is 0 Å². The number of carbonyl (C=O) groups is 1. The second kappa shape index (κ2) is 5.25. The third kappa shape index (κ3) is 2.81. The number of rotatable bonds is 4. The van der Waals surface area contributed by atoms with Crippen molar-refractivity contribution in [1.29, 1.82) is 0 Å². The summed E-state index contributed by atoms with van der Waals surface area (Å²) >= 11 is 0. The molecular weight excluding hydrogens is 226 g/mol. The maximum Gasteiger partial charge on any atom is 0.303 e. The number of esters is 1. The second-order valence-corrected chi connectivity index (χ2v) is 3.92. The minimum Gasteiger partial charge on any atom is -0.454 e. The molecule has 0 atom stereocenters. The van der Waals surface area contributed by atoms with E-state index in [1.165, 1.54) is 13.0 Å². The van der Waals surface area contributed by atoms with E-state index in [2.05, 4.69) is 0 Å². The monoisotopic (exact) mass is 242 g/mol. The van der Waals surface area contributed by atoms with Crippen molar-refractivity contribution in [3.8, 4) is 0 Å². The molecule has 0 amide bonds. The Morgan fingerprint density at radius 2 is 1.82 bits per heavy atom. The van der Waals surface area contributed by atoms with Crippen molar-refractivity contribution < 1.29 is 18.3 Å². The maximum absolute atomic E-state index is 13.2. The zero-order chi connectivity index (χ0) is 13.1. The van der Waals surface area contributed by atoms with Crippen LogP contribution in [0.25, 0.3) is 0 Å². The summed E-state index contributed by atoms with van der Waals surface area (Å²) in [5, 5.41) is 0. The van der Waals surface area contributed by atoms with Crippen molar-refractivity contribution in [1.82, 2.24) is 0 Å². The highest BCUT2D eigenvalue weighted by atomic mass is 19.2. The van der Waals surface area contributed by atoms with E-state index >= 15 is 0 Å². The Labute approximate surface area is 99.6 Å². The number of carbonyl (C=O) groups excluding carboxylic acids is 1. The average Bonchev–Trinajstić information content (AvgIpc) is 2.29. The molecule has 0 aliphatic rings. The van der Waals surface area contributed by atoms with E-state index in [0.717, 1.165) is 12.1 Å². The molecule has 17 heavy (non-hydrogen) atoms. The van der Waals surface area contributed by atoms with E-state index in [0.29, 0.717) is 18.4 Å². The van der Waals surface area contributed by atoms with E-state index in [9.17, 15) is 13.6 Å². The van der Waals surface area contributed by atoms with Gasteiger partial charge in [0.1, 0.15) is 5.60 Å². The van der Waals surface area contributed by atoms with Crippen molar-refractivity contribution in [2.45, 2.75) is 39.2 Å². The molecule has 1 aromatic carbocycles. The molecule has 94 valence electrons. The molecule has 0 aliphatic carbocycles. The summed E-state index contributed by atoms with van der Waals surface area (Å²) in [4.78, 5) is 11.1. The van der Waals surface area contributed by atoms with Crippen LogP contribution in [0.15, 0.2) is 18.2 Å². The molecule has 0 heterocycles. The second-order valence-electron chi connectivity index (χ2n) is 3.92. The van der Waals surface area contributed by atoms with Gasteiger partial charge in [0, 0.05) is 6.92 Å². The van der Waals surface area contributed by atoms with Crippen LogP contribution in [0.4, 0.5) is 8.78 Å². The standard InChI is InChI=1S/C13H16F2O2/c1-4-13(5-2,17-9(3)16)10-6-7-11(14)12(15)8-10/h6-8H,4-5H2,1-3H3. The molecule has 0 unspecified atom stereocenters. The lowest BCUT2D eigenvalue weighted by Crippen LogP contribution is -2.30. The first-order valence-electron chi connectivity index (χ1n) is 5.60. The van der Waals surface area contributed by atoms with Gasteiger partial charge in [0.05, 0.1) is 0 Å². The van der Waals surface area contributed by atoms with E-state index in [4.69, 9.17) is 4.74 Å². The largest absolute Gasteiger partial charge is 0.454 e. The molecule has 0 N–H and O–H groups in total. The summed E-state index contributed by atoms with van der Waals surface area (Å²) in [6.45, 7) is 4.99. The Bertz CT molecular complexity index is 412. The van der Waals surface area contributed by atoms with Gasteiger partial charge in [-0.05, 0) is 30.5 Å². The van der Waals surface area contributed by atoms with Crippen LogP contribution >= 0.6 is 0 Å². The number of halogens is 2. The Morgan fingerprint density at radius 3 is 2.24 bits per heavy atom. The lowest BCUT2D eigenvalue weighted by Gasteiger charge is -2.31. The molecule has 0 aromatic heterocycles. The van der Waals surface area contributed by atoms with Crippen LogP contribution in [0.5, 0.6) is 0 Å². The molecule has 0 fully saturated rings. The summed E-state index contributed by atoms with van der Waals surface area (Å²) < 4.78 is 31.4. The summed E-state index contributed by atoms with van der Waals surface area (Å²) in [6.07, 6.45) is 1.02. The number of benzene rings is 1. The Hall–Kier alpha value is -1.45. The van der Waals surface area contributed by atoms with E-state index in [1.807, 2.05) is 13.8 Å². The zero-order valence-corrected chi connectivity index (χ0v) is 10.2. The topological polar surface area (TPSA) is 26.3 Å². The van der Waals surface area contributed by atoms with E-state index in [1.54, 1.807) is 0 Å². The summed E-state index contributed by atoms with van der Waals surface area (Å²) in [7, 11) is 0. The van der Waals surface area contributed by atoms with Gasteiger partial charge in [-0.2, -0.15) is 0 Å². The van der Waals surface area contributed by atoms with Crippen molar-refractivity contribution in [2.24, 2.45) is 0 Å². The van der Waals surface area contributed by atoms with Crippen molar-refractivity contribution >= 4 is 5.97 Å². The molecular formula is C13H16F2O2. The molecule has 0 saturated carbocycles. The average molecular weight is 242 g/mol. The van der Waals surface area contributed by atoms with Crippen LogP contribution in [0.2, 0.25) is 0 Å². The number of ether oxygens (including phenoxy) is 1. The van der Waals surface area contributed by atoms with Gasteiger partial charge in [-0.1, -0.05) is 19.9 Å². The molecule has 0 bridgehead atoms. The molecule has 1 rings (SSSR count). The fraction of sp³-hybridized carbons (Fsp3) is 0.462. The molecule has 2 nitrogen and oxygen atoms in total. The van der Waals surface area contributed by atoms with Gasteiger partial charge >= 0.3 is 5.97 Å². The third-order valence-electron chi connectivity index (χ3n) is 2.93. The van der Waals surface area contributed by atoms with Gasteiger partial charge in [-0.3, -0.25) is 4.79 Å². The highest BCUT2D eigenvalue weighted by Gasteiger charge is 2.32. The van der Waals surface area contributed by atoms with Gasteiger partial charge in [-0.25, -0.2) is 8.78 Å².